The SMILES string of the molecule is CNCC1CCCCN1Cc1ccn(C2CCCC2)n1. The van der Waals surface area contributed by atoms with E-state index in [-0.39, 0.29) is 0 Å². The average Bonchev–Trinajstić information content (AvgIpc) is 3.12. The highest BCUT2D eigenvalue weighted by Crippen LogP contribution is 2.29. The van der Waals surface area contributed by atoms with Gasteiger partial charge in [0.05, 0.1) is 11.7 Å². The van der Waals surface area contributed by atoms with Crippen LogP contribution >= 0.6 is 0 Å². The molecule has 3 rings (SSSR count). The molecule has 4 nitrogen and oxygen atoms in total. The Kier molecular flexibility index (Phi) is 4.73. The molecule has 2 aliphatic rings. The summed E-state index contributed by atoms with van der Waals surface area (Å²) in [6.45, 7) is 3.35. The van der Waals surface area contributed by atoms with Crippen molar-refractivity contribution in [1.82, 2.24) is 20.0 Å². The molecule has 1 aromatic heterocycles. The number of hydrogen-bond acceptors (Lipinski definition) is 3. The van der Waals surface area contributed by atoms with Crippen LogP contribution in [0.5, 0.6) is 0 Å². The number of likely N-dealkylation sites (N-methyl/N-ethyl adjacent to an activating group) is 1. The highest BCUT2D eigenvalue weighted by Gasteiger charge is 2.23. The predicted molar refractivity (Wildman–Crippen MR) is 81.7 cm³/mol. The highest BCUT2D eigenvalue weighted by atomic mass is 15.3. The van der Waals surface area contributed by atoms with Crippen LogP contribution in [0.3, 0.4) is 0 Å². The Morgan fingerprint density at radius 3 is 2.80 bits per heavy atom. The molecule has 1 aromatic rings. The second-order valence-corrected chi connectivity index (χ2v) is 6.40. The number of nitrogens with one attached hydrogen (secondary N) is 1. The second kappa shape index (κ2) is 6.72. The summed E-state index contributed by atoms with van der Waals surface area (Å²) in [6, 6.07) is 3.58. The van der Waals surface area contributed by atoms with Gasteiger partial charge in [-0.1, -0.05) is 19.3 Å². The summed E-state index contributed by atoms with van der Waals surface area (Å²) in [5.41, 5.74) is 1.25. The van der Waals surface area contributed by atoms with Gasteiger partial charge in [-0.05, 0) is 45.3 Å². The zero-order chi connectivity index (χ0) is 13.8. The van der Waals surface area contributed by atoms with Gasteiger partial charge in [0, 0.05) is 25.3 Å². The zero-order valence-electron chi connectivity index (χ0n) is 12.7. The molecule has 1 saturated heterocycles. The molecule has 0 bridgehead atoms. The van der Waals surface area contributed by atoms with Crippen LogP contribution in [0.2, 0.25) is 0 Å². The monoisotopic (exact) mass is 276 g/mol. The van der Waals surface area contributed by atoms with Crippen molar-refractivity contribution in [3.05, 3.63) is 18.0 Å². The fraction of sp³-hybridized carbons (Fsp3) is 0.812. The van der Waals surface area contributed by atoms with Gasteiger partial charge in [-0.15, -0.1) is 0 Å². The van der Waals surface area contributed by atoms with Crippen LogP contribution in [-0.2, 0) is 6.54 Å². The van der Waals surface area contributed by atoms with Crippen molar-refractivity contribution in [3.63, 3.8) is 0 Å². The summed E-state index contributed by atoms with van der Waals surface area (Å²) in [5.74, 6) is 0. The average molecular weight is 276 g/mol. The lowest BCUT2D eigenvalue weighted by molar-refractivity contribution is 0.137. The molecule has 0 spiro atoms. The minimum Gasteiger partial charge on any atom is -0.318 e. The van der Waals surface area contributed by atoms with E-state index >= 15 is 0 Å². The Morgan fingerprint density at radius 2 is 2.00 bits per heavy atom. The third-order valence-electron chi connectivity index (χ3n) is 4.92. The van der Waals surface area contributed by atoms with Crippen LogP contribution in [0.1, 0.15) is 56.7 Å². The smallest absolute Gasteiger partial charge is 0.0765 e. The third-order valence-corrected chi connectivity index (χ3v) is 4.92. The van der Waals surface area contributed by atoms with Crippen molar-refractivity contribution in [3.8, 4) is 0 Å². The first kappa shape index (κ1) is 14.1. The number of rotatable bonds is 5. The summed E-state index contributed by atoms with van der Waals surface area (Å²) in [5, 5.41) is 8.17. The van der Waals surface area contributed by atoms with Gasteiger partial charge in [-0.2, -0.15) is 5.10 Å². The predicted octanol–water partition coefficient (Wildman–Crippen LogP) is 2.57. The number of aromatic nitrogens is 2. The van der Waals surface area contributed by atoms with Gasteiger partial charge in [-0.3, -0.25) is 9.58 Å². The quantitative estimate of drug-likeness (QED) is 0.897. The Hall–Kier alpha value is -0.870. The lowest BCUT2D eigenvalue weighted by Gasteiger charge is -2.35. The summed E-state index contributed by atoms with van der Waals surface area (Å²) >= 11 is 0. The molecular weight excluding hydrogens is 248 g/mol. The van der Waals surface area contributed by atoms with Gasteiger partial charge in [-0.25, -0.2) is 0 Å². The minimum atomic E-state index is 0.665. The molecule has 1 N–H and O–H groups in total. The van der Waals surface area contributed by atoms with Gasteiger partial charge >= 0.3 is 0 Å². The van der Waals surface area contributed by atoms with E-state index in [0.29, 0.717) is 12.1 Å². The van der Waals surface area contributed by atoms with Crippen LogP contribution in [0.15, 0.2) is 12.3 Å². The Morgan fingerprint density at radius 1 is 1.20 bits per heavy atom. The molecule has 1 atom stereocenters. The van der Waals surface area contributed by atoms with E-state index in [2.05, 4.69) is 34.2 Å². The summed E-state index contributed by atoms with van der Waals surface area (Å²) < 4.78 is 2.22. The van der Waals surface area contributed by atoms with Gasteiger partial charge in [0.2, 0.25) is 0 Å². The van der Waals surface area contributed by atoms with Crippen molar-refractivity contribution in [2.45, 2.75) is 63.6 Å². The van der Waals surface area contributed by atoms with E-state index in [1.807, 2.05) is 0 Å². The lowest BCUT2D eigenvalue weighted by atomic mass is 10.0. The first-order valence-electron chi connectivity index (χ1n) is 8.29. The van der Waals surface area contributed by atoms with Crippen molar-refractivity contribution in [2.24, 2.45) is 0 Å². The Balaban J connectivity index is 1.61. The van der Waals surface area contributed by atoms with Crippen molar-refractivity contribution in [2.75, 3.05) is 20.1 Å². The van der Waals surface area contributed by atoms with E-state index in [4.69, 9.17) is 5.10 Å². The van der Waals surface area contributed by atoms with E-state index < -0.39 is 0 Å². The third kappa shape index (κ3) is 3.23. The fourth-order valence-corrected chi connectivity index (χ4v) is 3.78. The number of nitrogens with zero attached hydrogens (tertiary/aromatic N) is 3. The number of piperidine rings is 1. The number of hydrogen-bond donors (Lipinski definition) is 1. The molecule has 1 unspecified atom stereocenters. The molecule has 4 heteroatoms. The minimum absolute atomic E-state index is 0.665. The Bertz CT molecular complexity index is 406. The van der Waals surface area contributed by atoms with Crippen LogP contribution in [-0.4, -0.2) is 40.9 Å². The van der Waals surface area contributed by atoms with Gasteiger partial charge in [0.1, 0.15) is 0 Å². The fourth-order valence-electron chi connectivity index (χ4n) is 3.78. The van der Waals surface area contributed by atoms with Crippen LogP contribution in [0.25, 0.3) is 0 Å². The topological polar surface area (TPSA) is 33.1 Å². The maximum absolute atomic E-state index is 4.84. The van der Waals surface area contributed by atoms with Crippen LogP contribution in [0.4, 0.5) is 0 Å². The molecule has 0 amide bonds. The van der Waals surface area contributed by atoms with E-state index in [9.17, 15) is 0 Å². The van der Waals surface area contributed by atoms with Crippen molar-refractivity contribution in [1.29, 1.82) is 0 Å². The molecule has 20 heavy (non-hydrogen) atoms. The summed E-state index contributed by atoms with van der Waals surface area (Å²) in [7, 11) is 2.06. The molecule has 1 aliphatic carbocycles. The van der Waals surface area contributed by atoms with Crippen LogP contribution < -0.4 is 5.32 Å². The first-order chi connectivity index (χ1) is 9.86. The van der Waals surface area contributed by atoms with Crippen molar-refractivity contribution >= 4 is 0 Å². The van der Waals surface area contributed by atoms with Gasteiger partial charge in [0.25, 0.3) is 0 Å². The normalized spacial score (nSPS) is 25.4. The number of likely N-dealkylation sites (tertiary alicyclic amines) is 1. The highest BCUT2D eigenvalue weighted by molar-refractivity contribution is 5.01. The van der Waals surface area contributed by atoms with Crippen molar-refractivity contribution < 1.29 is 0 Å². The Labute approximate surface area is 122 Å². The largest absolute Gasteiger partial charge is 0.318 e. The molecule has 0 aromatic carbocycles. The molecule has 2 heterocycles. The molecular formula is C16H28N4. The van der Waals surface area contributed by atoms with Gasteiger partial charge in [0.15, 0.2) is 0 Å². The first-order valence-corrected chi connectivity index (χ1v) is 8.29. The van der Waals surface area contributed by atoms with E-state index in [0.717, 1.165) is 13.1 Å². The maximum atomic E-state index is 4.84. The lowest BCUT2D eigenvalue weighted by Crippen LogP contribution is -2.44. The van der Waals surface area contributed by atoms with E-state index in [1.54, 1.807) is 0 Å². The molecule has 1 saturated carbocycles. The zero-order valence-corrected chi connectivity index (χ0v) is 12.7. The summed E-state index contributed by atoms with van der Waals surface area (Å²) in [6.07, 6.45) is 11.6. The molecule has 0 radical (unpaired) electrons. The molecule has 112 valence electrons. The maximum Gasteiger partial charge on any atom is 0.0765 e. The summed E-state index contributed by atoms with van der Waals surface area (Å²) in [4.78, 5) is 2.61. The standard InChI is InChI=1S/C16H28N4/c1-17-12-16-8-4-5-10-19(16)13-14-9-11-20(18-14)15-6-2-3-7-15/h9,11,15-17H,2-8,10,12-13H2,1H3. The van der Waals surface area contributed by atoms with Crippen LogP contribution in [0, 0.1) is 0 Å². The van der Waals surface area contributed by atoms with Gasteiger partial charge < -0.3 is 5.32 Å². The second-order valence-electron chi connectivity index (χ2n) is 6.40. The van der Waals surface area contributed by atoms with E-state index in [1.165, 1.54) is 57.2 Å². The molecule has 2 fully saturated rings. The molecule has 1 aliphatic heterocycles.